The molecular formula is C24H22F8N6O3. The lowest BCUT2D eigenvalue weighted by Gasteiger charge is -2.29. The number of aromatic nitrogens is 3. The Morgan fingerprint density at radius 2 is 1.80 bits per heavy atom. The normalized spacial score (nSPS) is 19.4. The second-order valence-electron chi connectivity index (χ2n) is 9.56. The molecule has 1 aliphatic heterocycles. The molecule has 3 atom stereocenters. The van der Waals surface area contributed by atoms with Crippen LogP contribution in [0.5, 0.6) is 0 Å². The molecule has 2 aromatic heterocycles. The Hall–Kier alpha value is -4.02. The van der Waals surface area contributed by atoms with Crippen molar-refractivity contribution in [2.24, 2.45) is 0 Å². The average molecular weight is 594 g/mol. The van der Waals surface area contributed by atoms with Crippen LogP contribution in [0.4, 0.5) is 40.9 Å². The number of benzene rings is 1. The van der Waals surface area contributed by atoms with E-state index in [1.54, 1.807) is 0 Å². The van der Waals surface area contributed by atoms with Crippen molar-refractivity contribution in [1.29, 1.82) is 0 Å². The molecule has 4 rings (SSSR count). The Kier molecular flexibility index (Phi) is 7.39. The third-order valence-electron chi connectivity index (χ3n) is 6.80. The monoisotopic (exact) mass is 594 g/mol. The summed E-state index contributed by atoms with van der Waals surface area (Å²) in [6.07, 6.45) is -11.5. The van der Waals surface area contributed by atoms with Gasteiger partial charge in [0.1, 0.15) is 23.8 Å². The molecule has 0 saturated carbocycles. The molecule has 17 heteroatoms. The van der Waals surface area contributed by atoms with Gasteiger partial charge in [0.2, 0.25) is 5.60 Å². The molecule has 2 amide bonds. The second-order valence-corrected chi connectivity index (χ2v) is 9.56. The number of hydrogen-bond acceptors (Lipinski definition) is 6. The molecule has 222 valence electrons. The minimum atomic E-state index is -5.35. The standard InChI is InChI=1S/C24H22F8N6O3/c1-3-11-12(20(39)36-16-8-37(7-15(16)26)21(40)22(2,41)24(30,31)32)4-10(5-14(11)25)17-6-13(23(27,28)29)18-19(33)34-9-35-38(17)18/h4-6,9,15-16,41H,3,7-8H2,1-2H3,(H,36,39)(H2,33,34,35)/t15-,16+,22+/m0/s1. The lowest BCUT2D eigenvalue weighted by Crippen LogP contribution is -2.56. The van der Waals surface area contributed by atoms with Gasteiger partial charge in [-0.25, -0.2) is 18.3 Å². The fraction of sp³-hybridized carbons (Fsp3) is 0.417. The molecule has 0 unspecified atom stereocenters. The predicted molar refractivity (Wildman–Crippen MR) is 127 cm³/mol. The highest BCUT2D eigenvalue weighted by molar-refractivity contribution is 5.97. The topological polar surface area (TPSA) is 126 Å². The Labute approximate surface area is 225 Å². The number of nitrogens with zero attached hydrogens (tertiary/aromatic N) is 4. The van der Waals surface area contributed by atoms with Crippen molar-refractivity contribution in [3.63, 3.8) is 0 Å². The molecule has 1 fully saturated rings. The molecule has 1 aromatic carbocycles. The Morgan fingerprint density at radius 3 is 2.39 bits per heavy atom. The summed E-state index contributed by atoms with van der Waals surface area (Å²) in [4.78, 5) is 29.4. The summed E-state index contributed by atoms with van der Waals surface area (Å²) in [5, 5.41) is 15.6. The van der Waals surface area contributed by atoms with E-state index in [4.69, 9.17) is 5.73 Å². The summed E-state index contributed by atoms with van der Waals surface area (Å²) in [5.41, 5.74) is -1.10. The van der Waals surface area contributed by atoms with E-state index in [1.165, 1.54) is 6.92 Å². The van der Waals surface area contributed by atoms with Crippen LogP contribution in [-0.4, -0.2) is 73.5 Å². The van der Waals surface area contributed by atoms with Gasteiger partial charge in [-0.2, -0.15) is 31.4 Å². The zero-order chi connectivity index (χ0) is 30.7. The number of anilines is 1. The first-order chi connectivity index (χ1) is 18.9. The fourth-order valence-electron chi connectivity index (χ4n) is 4.58. The van der Waals surface area contributed by atoms with Crippen molar-refractivity contribution >= 4 is 23.1 Å². The van der Waals surface area contributed by atoms with E-state index in [2.05, 4.69) is 15.4 Å². The molecular weight excluding hydrogens is 572 g/mol. The average Bonchev–Trinajstić information content (AvgIpc) is 3.44. The first kappa shape index (κ1) is 30.0. The van der Waals surface area contributed by atoms with Gasteiger partial charge in [0.25, 0.3) is 11.8 Å². The predicted octanol–water partition coefficient (Wildman–Crippen LogP) is 3.29. The van der Waals surface area contributed by atoms with E-state index in [-0.39, 0.29) is 30.2 Å². The third kappa shape index (κ3) is 5.25. The largest absolute Gasteiger partial charge is 0.426 e. The molecule has 0 aliphatic carbocycles. The molecule has 4 N–H and O–H groups in total. The van der Waals surface area contributed by atoms with Crippen LogP contribution in [0.1, 0.15) is 35.3 Å². The van der Waals surface area contributed by atoms with Gasteiger partial charge in [-0.3, -0.25) is 9.59 Å². The molecule has 3 aromatic rings. The van der Waals surface area contributed by atoms with Crippen LogP contribution < -0.4 is 11.1 Å². The van der Waals surface area contributed by atoms with Crippen molar-refractivity contribution in [3.8, 4) is 11.3 Å². The van der Waals surface area contributed by atoms with Crippen LogP contribution in [0.2, 0.25) is 0 Å². The van der Waals surface area contributed by atoms with Crippen LogP contribution in [0.3, 0.4) is 0 Å². The number of nitrogens with two attached hydrogens (primary N) is 1. The maximum Gasteiger partial charge on any atom is 0.426 e. The zero-order valence-corrected chi connectivity index (χ0v) is 21.2. The van der Waals surface area contributed by atoms with Gasteiger partial charge in [0.15, 0.2) is 5.82 Å². The zero-order valence-electron chi connectivity index (χ0n) is 21.2. The molecule has 3 heterocycles. The number of hydrogen-bond donors (Lipinski definition) is 3. The van der Waals surface area contributed by atoms with Crippen LogP contribution in [0.15, 0.2) is 24.5 Å². The number of halogens is 8. The first-order valence-corrected chi connectivity index (χ1v) is 11.9. The highest BCUT2D eigenvalue weighted by atomic mass is 19.4. The molecule has 1 saturated heterocycles. The van der Waals surface area contributed by atoms with Crippen LogP contribution in [0, 0.1) is 5.82 Å². The number of fused-ring (bicyclic) bond motifs is 1. The number of likely N-dealkylation sites (tertiary alicyclic amines) is 1. The fourth-order valence-corrected chi connectivity index (χ4v) is 4.58. The van der Waals surface area contributed by atoms with E-state index in [1.807, 2.05) is 0 Å². The van der Waals surface area contributed by atoms with E-state index in [9.17, 15) is 45.4 Å². The van der Waals surface area contributed by atoms with Crippen LogP contribution in [0.25, 0.3) is 16.8 Å². The van der Waals surface area contributed by atoms with Crippen molar-refractivity contribution in [1.82, 2.24) is 24.8 Å². The van der Waals surface area contributed by atoms with E-state index in [0.717, 1.165) is 23.0 Å². The van der Waals surface area contributed by atoms with Gasteiger partial charge < -0.3 is 21.1 Å². The smallest absolute Gasteiger partial charge is 0.382 e. The van der Waals surface area contributed by atoms with Crippen molar-refractivity contribution in [2.75, 3.05) is 18.8 Å². The summed E-state index contributed by atoms with van der Waals surface area (Å²) < 4.78 is 111. The van der Waals surface area contributed by atoms with Crippen molar-refractivity contribution < 1.29 is 49.8 Å². The summed E-state index contributed by atoms with van der Waals surface area (Å²) in [6, 6.07) is 1.04. The minimum Gasteiger partial charge on any atom is -0.382 e. The second kappa shape index (κ2) is 10.1. The van der Waals surface area contributed by atoms with Crippen LogP contribution >= 0.6 is 0 Å². The van der Waals surface area contributed by atoms with E-state index in [0.29, 0.717) is 11.0 Å². The summed E-state index contributed by atoms with van der Waals surface area (Å²) in [5.74, 6) is -4.42. The van der Waals surface area contributed by atoms with Gasteiger partial charge in [0, 0.05) is 23.2 Å². The number of nitrogen functional groups attached to an aromatic ring is 1. The minimum absolute atomic E-state index is 0.0739. The molecule has 1 aliphatic rings. The number of rotatable bonds is 5. The number of aliphatic hydroxyl groups is 1. The highest BCUT2D eigenvalue weighted by Gasteiger charge is 2.58. The number of alkyl halides is 7. The quantitative estimate of drug-likeness (QED) is 0.390. The van der Waals surface area contributed by atoms with Crippen molar-refractivity contribution in [2.45, 2.75) is 50.4 Å². The number of carbonyl (C=O) groups is 2. The maximum atomic E-state index is 15.1. The Morgan fingerprint density at radius 1 is 1.15 bits per heavy atom. The summed E-state index contributed by atoms with van der Waals surface area (Å²) >= 11 is 0. The molecule has 0 spiro atoms. The molecule has 0 bridgehead atoms. The van der Waals surface area contributed by atoms with Gasteiger partial charge >= 0.3 is 12.4 Å². The lowest BCUT2D eigenvalue weighted by atomic mass is 9.98. The Bertz CT molecular complexity index is 1520. The van der Waals surface area contributed by atoms with Gasteiger partial charge in [-0.15, -0.1) is 0 Å². The molecule has 0 radical (unpaired) electrons. The van der Waals surface area contributed by atoms with Crippen molar-refractivity contribution in [3.05, 3.63) is 47.0 Å². The third-order valence-corrected chi connectivity index (χ3v) is 6.80. The Balaban J connectivity index is 1.69. The van der Waals surface area contributed by atoms with Gasteiger partial charge in [-0.05, 0) is 31.5 Å². The summed E-state index contributed by atoms with van der Waals surface area (Å²) in [7, 11) is 0. The molecule has 9 nitrogen and oxygen atoms in total. The first-order valence-electron chi connectivity index (χ1n) is 11.9. The highest BCUT2D eigenvalue weighted by Crippen LogP contribution is 2.39. The number of carbonyl (C=O) groups excluding carboxylic acids is 2. The molecule has 41 heavy (non-hydrogen) atoms. The summed E-state index contributed by atoms with van der Waals surface area (Å²) in [6.45, 7) is 0.0767. The SMILES string of the molecule is CCc1c(F)cc(-c2cc(C(F)(F)F)c3c(N)ncnn23)cc1C(=O)N[C@@H]1CN(C(=O)[C@@](C)(O)C(F)(F)F)C[C@@H]1F. The van der Waals surface area contributed by atoms with Gasteiger partial charge in [0.05, 0.1) is 23.8 Å². The number of nitrogens with one attached hydrogen (secondary N) is 1. The van der Waals surface area contributed by atoms with Crippen LogP contribution in [-0.2, 0) is 17.4 Å². The van der Waals surface area contributed by atoms with E-state index >= 15 is 4.39 Å². The maximum absolute atomic E-state index is 15.1. The lowest BCUT2D eigenvalue weighted by molar-refractivity contribution is -0.249. The number of amides is 2. The van der Waals surface area contributed by atoms with E-state index < -0.39 is 83.3 Å². The van der Waals surface area contributed by atoms with Gasteiger partial charge in [-0.1, -0.05) is 6.92 Å².